The zero-order valence-corrected chi connectivity index (χ0v) is 17.2. The number of alkyl carbamates (subject to hydrolysis) is 1. The molecule has 0 aliphatic carbocycles. The van der Waals surface area contributed by atoms with E-state index in [1.807, 2.05) is 67.6 Å². The standard InChI is InChI=1S/C24H27N3O3/c1-18-21(13-8-16-25-24(29)30-17-20-11-6-3-7-12-20)27-23(28)22(26-18)15-14-19-9-4-2-5-10-19/h2-7,9-12H,8,13-17H2,1H3,(H,25,29)(H,27,28). The summed E-state index contributed by atoms with van der Waals surface area (Å²) in [5.41, 5.74) is 4.18. The van der Waals surface area contributed by atoms with Gasteiger partial charge in [0.2, 0.25) is 0 Å². The van der Waals surface area contributed by atoms with Gasteiger partial charge in [-0.05, 0) is 43.7 Å². The third-order valence-corrected chi connectivity index (χ3v) is 4.84. The summed E-state index contributed by atoms with van der Waals surface area (Å²) in [6, 6.07) is 19.6. The van der Waals surface area contributed by atoms with Crippen LogP contribution in [0.3, 0.4) is 0 Å². The van der Waals surface area contributed by atoms with Gasteiger partial charge in [-0.1, -0.05) is 60.7 Å². The predicted octanol–water partition coefficient (Wildman–Crippen LogP) is 3.72. The summed E-state index contributed by atoms with van der Waals surface area (Å²) >= 11 is 0. The fourth-order valence-electron chi connectivity index (χ4n) is 3.17. The van der Waals surface area contributed by atoms with E-state index < -0.39 is 6.09 Å². The first-order chi connectivity index (χ1) is 14.6. The molecule has 0 unspecified atom stereocenters. The summed E-state index contributed by atoms with van der Waals surface area (Å²) < 4.78 is 5.18. The minimum Gasteiger partial charge on any atom is -0.445 e. The van der Waals surface area contributed by atoms with Gasteiger partial charge in [-0.3, -0.25) is 9.78 Å². The van der Waals surface area contributed by atoms with Crippen LogP contribution >= 0.6 is 0 Å². The molecule has 156 valence electrons. The van der Waals surface area contributed by atoms with Crippen LogP contribution in [-0.4, -0.2) is 22.6 Å². The van der Waals surface area contributed by atoms with Gasteiger partial charge < -0.3 is 15.0 Å². The second-order valence-corrected chi connectivity index (χ2v) is 7.15. The Labute approximate surface area is 176 Å². The van der Waals surface area contributed by atoms with Gasteiger partial charge in [-0.2, -0.15) is 0 Å². The van der Waals surface area contributed by atoms with Crippen LogP contribution < -0.4 is 10.9 Å². The van der Waals surface area contributed by atoms with Crippen LogP contribution in [-0.2, 0) is 30.6 Å². The van der Waals surface area contributed by atoms with Crippen molar-refractivity contribution >= 4 is 6.09 Å². The average molecular weight is 405 g/mol. The third kappa shape index (κ3) is 6.58. The number of aromatic amines is 1. The molecule has 3 aromatic rings. The van der Waals surface area contributed by atoms with Crippen LogP contribution in [0.1, 0.15) is 34.6 Å². The number of carbonyl (C=O) groups excluding carboxylic acids is 1. The number of nitrogens with zero attached hydrogens (tertiary/aromatic N) is 1. The Hall–Kier alpha value is -3.41. The molecule has 1 amide bonds. The van der Waals surface area contributed by atoms with Crippen molar-refractivity contribution in [3.8, 4) is 0 Å². The van der Waals surface area contributed by atoms with E-state index in [0.29, 0.717) is 31.5 Å². The number of carbonyl (C=O) groups is 1. The van der Waals surface area contributed by atoms with E-state index in [2.05, 4.69) is 15.3 Å². The van der Waals surface area contributed by atoms with Crippen molar-refractivity contribution in [1.82, 2.24) is 15.3 Å². The number of rotatable bonds is 9. The lowest BCUT2D eigenvalue weighted by Crippen LogP contribution is -2.26. The molecule has 1 heterocycles. The van der Waals surface area contributed by atoms with E-state index in [-0.39, 0.29) is 12.2 Å². The quantitative estimate of drug-likeness (QED) is 0.532. The van der Waals surface area contributed by atoms with Crippen LogP contribution in [0, 0.1) is 6.92 Å². The summed E-state index contributed by atoms with van der Waals surface area (Å²) in [6.45, 7) is 2.61. The maximum Gasteiger partial charge on any atom is 0.407 e. The first-order valence-corrected chi connectivity index (χ1v) is 10.2. The number of amides is 1. The van der Waals surface area contributed by atoms with Crippen LogP contribution in [0.25, 0.3) is 0 Å². The first-order valence-electron chi connectivity index (χ1n) is 10.2. The van der Waals surface area contributed by atoms with Gasteiger partial charge in [0.05, 0.1) is 5.69 Å². The summed E-state index contributed by atoms with van der Waals surface area (Å²) in [5.74, 6) is 0. The largest absolute Gasteiger partial charge is 0.445 e. The monoisotopic (exact) mass is 405 g/mol. The summed E-state index contributed by atoms with van der Waals surface area (Å²) in [7, 11) is 0. The molecule has 6 nitrogen and oxygen atoms in total. The van der Waals surface area contributed by atoms with Crippen LogP contribution in [0.2, 0.25) is 0 Å². The Bertz CT molecular complexity index is 1000. The van der Waals surface area contributed by atoms with Crippen molar-refractivity contribution in [3.05, 3.63) is 99.2 Å². The molecule has 0 radical (unpaired) electrons. The Balaban J connectivity index is 1.42. The number of benzene rings is 2. The first kappa shape index (κ1) is 21.3. The second kappa shape index (κ2) is 11.0. The van der Waals surface area contributed by atoms with Gasteiger partial charge in [-0.25, -0.2) is 4.79 Å². The molecule has 30 heavy (non-hydrogen) atoms. The molecule has 0 atom stereocenters. The number of aryl methyl sites for hydroxylation is 4. The lowest BCUT2D eigenvalue weighted by atomic mass is 10.1. The van der Waals surface area contributed by atoms with Crippen molar-refractivity contribution in [2.24, 2.45) is 0 Å². The van der Waals surface area contributed by atoms with Gasteiger partial charge in [0, 0.05) is 12.2 Å². The van der Waals surface area contributed by atoms with E-state index in [4.69, 9.17) is 4.74 Å². The Morgan fingerprint density at radius 1 is 0.967 bits per heavy atom. The molecule has 0 aliphatic rings. The molecule has 0 spiro atoms. The molecule has 6 heteroatoms. The number of H-pyrrole nitrogens is 1. The topological polar surface area (TPSA) is 84.1 Å². The van der Waals surface area contributed by atoms with Crippen molar-refractivity contribution < 1.29 is 9.53 Å². The van der Waals surface area contributed by atoms with Gasteiger partial charge in [0.1, 0.15) is 12.3 Å². The van der Waals surface area contributed by atoms with E-state index in [1.54, 1.807) is 0 Å². The predicted molar refractivity (Wildman–Crippen MR) is 116 cm³/mol. The van der Waals surface area contributed by atoms with Gasteiger partial charge in [-0.15, -0.1) is 0 Å². The number of aromatic nitrogens is 2. The maximum atomic E-state index is 12.4. The van der Waals surface area contributed by atoms with E-state index >= 15 is 0 Å². The highest BCUT2D eigenvalue weighted by molar-refractivity contribution is 5.67. The number of nitrogens with one attached hydrogen (secondary N) is 2. The third-order valence-electron chi connectivity index (χ3n) is 4.84. The molecule has 2 aromatic carbocycles. The highest BCUT2D eigenvalue weighted by atomic mass is 16.5. The fourth-order valence-corrected chi connectivity index (χ4v) is 3.17. The SMILES string of the molecule is Cc1nc(CCc2ccccc2)c(=O)[nH]c1CCCNC(=O)OCc1ccccc1. The fraction of sp³-hybridized carbons (Fsp3) is 0.292. The van der Waals surface area contributed by atoms with Gasteiger partial charge >= 0.3 is 6.09 Å². The molecular weight excluding hydrogens is 378 g/mol. The van der Waals surface area contributed by atoms with Crippen molar-refractivity contribution in [2.75, 3.05) is 6.54 Å². The van der Waals surface area contributed by atoms with Crippen LogP contribution in [0.4, 0.5) is 4.79 Å². The van der Waals surface area contributed by atoms with Gasteiger partial charge in [0.25, 0.3) is 5.56 Å². The smallest absolute Gasteiger partial charge is 0.407 e. The second-order valence-electron chi connectivity index (χ2n) is 7.15. The molecule has 0 saturated heterocycles. The van der Waals surface area contributed by atoms with Crippen molar-refractivity contribution in [2.45, 2.75) is 39.2 Å². The Morgan fingerprint density at radius 3 is 2.33 bits per heavy atom. The minimum absolute atomic E-state index is 0.137. The molecular formula is C24H27N3O3. The molecule has 1 aromatic heterocycles. The number of hydrogen-bond acceptors (Lipinski definition) is 4. The summed E-state index contributed by atoms with van der Waals surface area (Å²) in [5, 5.41) is 2.73. The molecule has 2 N–H and O–H groups in total. The van der Waals surface area contributed by atoms with Crippen LogP contribution in [0.5, 0.6) is 0 Å². The lowest BCUT2D eigenvalue weighted by Gasteiger charge is -2.09. The Kier molecular flexibility index (Phi) is 7.78. The van der Waals surface area contributed by atoms with Crippen LogP contribution in [0.15, 0.2) is 65.5 Å². The summed E-state index contributed by atoms with van der Waals surface area (Å²) in [4.78, 5) is 31.6. The molecule has 0 saturated carbocycles. The summed E-state index contributed by atoms with van der Waals surface area (Å²) in [6.07, 6.45) is 2.26. The van der Waals surface area contributed by atoms with E-state index in [1.165, 1.54) is 5.56 Å². The molecule has 0 bridgehead atoms. The minimum atomic E-state index is -0.446. The normalized spacial score (nSPS) is 10.6. The zero-order chi connectivity index (χ0) is 21.2. The van der Waals surface area contributed by atoms with Crippen molar-refractivity contribution in [1.29, 1.82) is 0 Å². The molecule has 0 fully saturated rings. The average Bonchev–Trinajstić information content (AvgIpc) is 2.77. The Morgan fingerprint density at radius 2 is 1.63 bits per heavy atom. The van der Waals surface area contributed by atoms with Gasteiger partial charge in [0.15, 0.2) is 0 Å². The molecule has 0 aliphatic heterocycles. The lowest BCUT2D eigenvalue weighted by molar-refractivity contribution is 0.139. The van der Waals surface area contributed by atoms with E-state index in [0.717, 1.165) is 23.4 Å². The molecule has 3 rings (SSSR count). The van der Waals surface area contributed by atoms with E-state index in [9.17, 15) is 9.59 Å². The maximum absolute atomic E-state index is 12.4. The number of hydrogen-bond donors (Lipinski definition) is 2. The highest BCUT2D eigenvalue weighted by Gasteiger charge is 2.09. The highest BCUT2D eigenvalue weighted by Crippen LogP contribution is 2.07. The number of ether oxygens (including phenoxy) is 1. The van der Waals surface area contributed by atoms with Crippen molar-refractivity contribution in [3.63, 3.8) is 0 Å². The zero-order valence-electron chi connectivity index (χ0n) is 17.2.